The van der Waals surface area contributed by atoms with Gasteiger partial charge < -0.3 is 19.9 Å². The smallest absolute Gasteiger partial charge is 0.382 e. The van der Waals surface area contributed by atoms with Crippen LogP contribution in [0.25, 0.3) is 0 Å². The van der Waals surface area contributed by atoms with Gasteiger partial charge in [-0.15, -0.1) is 0 Å². The van der Waals surface area contributed by atoms with Gasteiger partial charge in [-0.25, -0.2) is 0 Å². The zero-order chi connectivity index (χ0) is 28.2. The van der Waals surface area contributed by atoms with Gasteiger partial charge in [-0.2, -0.15) is 18.4 Å². The molecule has 1 heterocycles. The molecule has 1 saturated heterocycles. The third-order valence-electron chi connectivity index (χ3n) is 7.66. The number of hydrogen-bond donors (Lipinski definition) is 1. The molecular formula is C30H37F3N4O2. The summed E-state index contributed by atoms with van der Waals surface area (Å²) in [4.78, 5) is 16.9. The molecule has 0 unspecified atom stereocenters. The highest BCUT2D eigenvalue weighted by Crippen LogP contribution is 2.34. The lowest BCUT2D eigenvalue weighted by molar-refractivity contribution is -0.139. The van der Waals surface area contributed by atoms with Crippen molar-refractivity contribution in [2.75, 3.05) is 43.0 Å². The van der Waals surface area contributed by atoms with Gasteiger partial charge in [-0.05, 0) is 67.0 Å². The zero-order valence-corrected chi connectivity index (χ0v) is 22.9. The number of nitrogens with zero attached hydrogens (tertiary/aromatic N) is 3. The summed E-state index contributed by atoms with van der Waals surface area (Å²) in [7, 11) is 0. The van der Waals surface area contributed by atoms with Gasteiger partial charge in [0.1, 0.15) is 6.61 Å². The fraction of sp³-hybridized carbons (Fsp3) is 0.533. The third-order valence-corrected chi connectivity index (χ3v) is 7.66. The summed E-state index contributed by atoms with van der Waals surface area (Å²) in [6.45, 7) is 9.52. The number of ether oxygens (including phenoxy) is 1. The van der Waals surface area contributed by atoms with E-state index < -0.39 is 11.7 Å². The maximum absolute atomic E-state index is 13.2. The maximum Gasteiger partial charge on any atom is 0.417 e. The molecule has 0 bridgehead atoms. The lowest BCUT2D eigenvalue weighted by Crippen LogP contribution is -2.50. The van der Waals surface area contributed by atoms with Crippen LogP contribution < -0.4 is 10.2 Å². The van der Waals surface area contributed by atoms with Crippen LogP contribution in [0.1, 0.15) is 63.1 Å². The van der Waals surface area contributed by atoms with Crippen molar-refractivity contribution in [1.29, 1.82) is 5.26 Å². The monoisotopic (exact) mass is 542 g/mol. The molecule has 0 atom stereocenters. The Morgan fingerprint density at radius 3 is 2.21 bits per heavy atom. The molecule has 6 nitrogen and oxygen atoms in total. The first-order chi connectivity index (χ1) is 18.4. The Morgan fingerprint density at radius 2 is 1.64 bits per heavy atom. The number of rotatable bonds is 6. The molecule has 0 spiro atoms. The predicted molar refractivity (Wildman–Crippen MR) is 146 cm³/mol. The van der Waals surface area contributed by atoms with E-state index in [9.17, 15) is 18.0 Å². The summed E-state index contributed by atoms with van der Waals surface area (Å²) >= 11 is 0. The standard InChI is InChI=1S/C30H37F3N4O2/c1-29(2,3)22-5-10-25(11-6-22)36-14-16-37(17-15-36)28(38)20-39-26-12-8-23(9-13-26)35-24-7-4-21(19-34)27(18-24)30(31,32)33/h4-7,10-11,18,23,26,35H,8-9,12-17,20H2,1-3H3/t23-,26-. The molecule has 2 aromatic rings. The molecule has 9 heteroatoms. The fourth-order valence-electron chi connectivity index (χ4n) is 5.24. The molecule has 2 aliphatic rings. The van der Waals surface area contributed by atoms with E-state index in [1.807, 2.05) is 4.90 Å². The number of alkyl halides is 3. The number of carbonyl (C=O) groups is 1. The normalized spacial score (nSPS) is 20.4. The topological polar surface area (TPSA) is 68.6 Å². The average molecular weight is 543 g/mol. The zero-order valence-electron chi connectivity index (χ0n) is 22.9. The van der Waals surface area contributed by atoms with Crippen LogP contribution in [0.5, 0.6) is 0 Å². The van der Waals surface area contributed by atoms with E-state index in [0.29, 0.717) is 18.8 Å². The summed E-state index contributed by atoms with van der Waals surface area (Å²) in [5.41, 5.74) is 1.63. The largest absolute Gasteiger partial charge is 0.417 e. The Bertz CT molecular complexity index is 1170. The van der Waals surface area contributed by atoms with Crippen molar-refractivity contribution < 1.29 is 22.7 Å². The second kappa shape index (κ2) is 11.9. The van der Waals surface area contributed by atoms with E-state index in [2.05, 4.69) is 55.3 Å². The molecule has 1 amide bonds. The maximum atomic E-state index is 13.2. The number of amides is 1. The molecule has 210 valence electrons. The molecule has 0 aromatic heterocycles. The number of carbonyl (C=O) groups excluding carboxylic acids is 1. The van der Waals surface area contributed by atoms with Gasteiger partial charge in [0.2, 0.25) is 5.91 Å². The van der Waals surface area contributed by atoms with Crippen LogP contribution >= 0.6 is 0 Å². The number of benzene rings is 2. The van der Waals surface area contributed by atoms with E-state index in [-0.39, 0.29) is 35.6 Å². The lowest BCUT2D eigenvalue weighted by atomic mass is 9.87. The van der Waals surface area contributed by atoms with Crippen molar-refractivity contribution in [2.24, 2.45) is 0 Å². The minimum absolute atomic E-state index is 0.00441. The summed E-state index contributed by atoms with van der Waals surface area (Å²) in [6, 6.07) is 14.0. The van der Waals surface area contributed by atoms with Gasteiger partial charge in [0.25, 0.3) is 0 Å². The van der Waals surface area contributed by atoms with Gasteiger partial charge >= 0.3 is 6.18 Å². The number of nitrogens with one attached hydrogen (secondary N) is 1. The third kappa shape index (κ3) is 7.45. The van der Waals surface area contributed by atoms with Crippen molar-refractivity contribution in [3.63, 3.8) is 0 Å². The van der Waals surface area contributed by atoms with E-state index in [1.54, 1.807) is 6.07 Å². The fourth-order valence-corrected chi connectivity index (χ4v) is 5.24. The molecule has 39 heavy (non-hydrogen) atoms. The Balaban J connectivity index is 1.18. The molecule has 4 rings (SSSR count). The van der Waals surface area contributed by atoms with Gasteiger partial charge in [0.05, 0.1) is 23.3 Å². The van der Waals surface area contributed by atoms with Gasteiger partial charge in [0.15, 0.2) is 0 Å². The highest BCUT2D eigenvalue weighted by molar-refractivity contribution is 5.77. The number of halogens is 3. The van der Waals surface area contributed by atoms with Crippen LogP contribution in [0.4, 0.5) is 24.5 Å². The highest BCUT2D eigenvalue weighted by Gasteiger charge is 2.34. The minimum Gasteiger partial charge on any atom is -0.382 e. The molecule has 1 aliphatic heterocycles. The lowest BCUT2D eigenvalue weighted by Gasteiger charge is -2.37. The average Bonchev–Trinajstić information content (AvgIpc) is 2.91. The van der Waals surface area contributed by atoms with Crippen molar-refractivity contribution >= 4 is 17.3 Å². The van der Waals surface area contributed by atoms with Crippen LogP contribution in [0.15, 0.2) is 42.5 Å². The van der Waals surface area contributed by atoms with E-state index >= 15 is 0 Å². The first kappa shape index (κ1) is 28.8. The van der Waals surface area contributed by atoms with E-state index in [4.69, 9.17) is 10.00 Å². The van der Waals surface area contributed by atoms with Crippen LogP contribution in [0, 0.1) is 11.3 Å². The molecule has 0 radical (unpaired) electrons. The van der Waals surface area contributed by atoms with Crippen LogP contribution in [-0.2, 0) is 21.1 Å². The first-order valence-electron chi connectivity index (χ1n) is 13.6. The summed E-state index contributed by atoms with van der Waals surface area (Å²) in [6.07, 6.45) is -1.70. The molecule has 1 saturated carbocycles. The Kier molecular flexibility index (Phi) is 8.75. The van der Waals surface area contributed by atoms with Gasteiger partial charge in [-0.3, -0.25) is 4.79 Å². The second-order valence-electron chi connectivity index (χ2n) is 11.5. The molecule has 1 aliphatic carbocycles. The van der Waals surface area contributed by atoms with Crippen molar-refractivity contribution in [3.8, 4) is 6.07 Å². The number of nitriles is 1. The van der Waals surface area contributed by atoms with E-state index in [1.165, 1.54) is 23.4 Å². The minimum atomic E-state index is -4.58. The number of hydrogen-bond acceptors (Lipinski definition) is 5. The van der Waals surface area contributed by atoms with E-state index in [0.717, 1.165) is 44.8 Å². The molecular weight excluding hydrogens is 505 g/mol. The molecule has 2 aromatic carbocycles. The van der Waals surface area contributed by atoms with Crippen molar-refractivity contribution in [2.45, 2.75) is 70.2 Å². The quantitative estimate of drug-likeness (QED) is 0.488. The van der Waals surface area contributed by atoms with Gasteiger partial charge in [0, 0.05) is 43.6 Å². The number of anilines is 2. The highest BCUT2D eigenvalue weighted by atomic mass is 19.4. The van der Waals surface area contributed by atoms with Gasteiger partial charge in [-0.1, -0.05) is 32.9 Å². The molecule has 2 fully saturated rings. The Morgan fingerprint density at radius 1 is 1.00 bits per heavy atom. The van der Waals surface area contributed by atoms with Crippen molar-refractivity contribution in [3.05, 3.63) is 59.2 Å². The van der Waals surface area contributed by atoms with Crippen LogP contribution in [0.3, 0.4) is 0 Å². The summed E-state index contributed by atoms with van der Waals surface area (Å²) < 4.78 is 45.7. The molecule has 1 N–H and O–H groups in total. The Labute approximate surface area is 228 Å². The summed E-state index contributed by atoms with van der Waals surface area (Å²) in [5, 5.41) is 12.1. The predicted octanol–water partition coefficient (Wildman–Crippen LogP) is 5.96. The SMILES string of the molecule is CC(C)(C)c1ccc(N2CCN(C(=O)CO[C@H]3CC[C@H](Nc4ccc(C#N)c(C(F)(F)F)c4)CC3)CC2)cc1. The second-order valence-corrected chi connectivity index (χ2v) is 11.5. The van der Waals surface area contributed by atoms with Crippen molar-refractivity contribution in [1.82, 2.24) is 4.90 Å². The Hall–Kier alpha value is -3.25. The number of piperazine rings is 1. The summed E-state index contributed by atoms with van der Waals surface area (Å²) in [5.74, 6) is -0.00441. The van der Waals surface area contributed by atoms with Crippen LogP contribution in [0.2, 0.25) is 0 Å². The van der Waals surface area contributed by atoms with Crippen LogP contribution in [-0.4, -0.2) is 55.7 Å². The first-order valence-corrected chi connectivity index (χ1v) is 13.6.